The Morgan fingerprint density at radius 2 is 0.956 bits per heavy atom. The molecule has 0 fully saturated rings. The van der Waals surface area contributed by atoms with Crippen molar-refractivity contribution in [2.45, 2.75) is 0 Å². The van der Waals surface area contributed by atoms with E-state index >= 15 is 0 Å². The van der Waals surface area contributed by atoms with Gasteiger partial charge in [-0.25, -0.2) is 0 Å². The van der Waals surface area contributed by atoms with E-state index in [2.05, 4.69) is 46.4 Å². The number of hydrogen-bond acceptors (Lipinski definition) is 5. The van der Waals surface area contributed by atoms with E-state index in [4.69, 9.17) is 16.6 Å². The molecule has 45 heavy (non-hydrogen) atoms. The van der Waals surface area contributed by atoms with Crippen LogP contribution < -0.4 is 5.73 Å². The van der Waals surface area contributed by atoms with Crippen LogP contribution in [0.4, 0.5) is 5.69 Å². The Balaban J connectivity index is 0.000000229. The molecular formula is C40H31N5. The number of hydrogen-bond donors (Lipinski definition) is 3. The van der Waals surface area contributed by atoms with Gasteiger partial charge < -0.3 is 5.73 Å². The van der Waals surface area contributed by atoms with Crippen molar-refractivity contribution >= 4 is 28.3 Å². The third-order valence-electron chi connectivity index (χ3n) is 7.49. The fourth-order valence-electron chi connectivity index (χ4n) is 5.20. The quantitative estimate of drug-likeness (QED) is 0.140. The van der Waals surface area contributed by atoms with E-state index in [9.17, 15) is 0 Å². The van der Waals surface area contributed by atoms with Crippen molar-refractivity contribution in [2.75, 3.05) is 5.73 Å². The molecule has 216 valence electrons. The van der Waals surface area contributed by atoms with Crippen LogP contribution in [0.1, 0.15) is 11.1 Å². The molecule has 7 rings (SSSR count). The highest BCUT2D eigenvalue weighted by atomic mass is 14.6. The van der Waals surface area contributed by atoms with Crippen molar-refractivity contribution in [3.05, 3.63) is 175 Å². The van der Waals surface area contributed by atoms with Gasteiger partial charge in [0, 0.05) is 47.2 Å². The Labute approximate surface area is 263 Å². The summed E-state index contributed by atoms with van der Waals surface area (Å²) in [6.45, 7) is 0. The predicted octanol–water partition coefficient (Wildman–Crippen LogP) is 9.27. The number of nitrogen functional groups attached to an aromatic ring is 1. The van der Waals surface area contributed by atoms with Gasteiger partial charge in [-0.05, 0) is 87.5 Å². The Kier molecular flexibility index (Phi) is 8.61. The Morgan fingerprint density at radius 1 is 0.444 bits per heavy atom. The summed E-state index contributed by atoms with van der Waals surface area (Å²) in [7, 11) is 0. The molecule has 0 atom stereocenters. The first-order valence-corrected chi connectivity index (χ1v) is 14.6. The maximum Gasteiger partial charge on any atom is 0.0867 e. The van der Waals surface area contributed by atoms with Crippen molar-refractivity contribution in [3.63, 3.8) is 0 Å². The average molecular weight is 582 g/mol. The van der Waals surface area contributed by atoms with E-state index < -0.39 is 0 Å². The third-order valence-corrected chi connectivity index (χ3v) is 7.49. The highest BCUT2D eigenvalue weighted by Crippen LogP contribution is 2.32. The molecule has 0 saturated heterocycles. The zero-order chi connectivity index (χ0) is 31.0. The summed E-state index contributed by atoms with van der Waals surface area (Å²) in [6.07, 6.45) is 11.0. The number of nitrogens with two attached hydrogens (primary N) is 1. The number of aromatic nitrogens is 2. The van der Waals surface area contributed by atoms with Crippen molar-refractivity contribution in [1.29, 1.82) is 10.8 Å². The van der Waals surface area contributed by atoms with Gasteiger partial charge in [0.1, 0.15) is 0 Å². The first-order chi connectivity index (χ1) is 22.0. The molecule has 1 aliphatic rings. The van der Waals surface area contributed by atoms with Crippen LogP contribution in [0, 0.1) is 10.8 Å². The number of nitrogens with one attached hydrogen (secondary N) is 2. The summed E-state index contributed by atoms with van der Waals surface area (Å²) >= 11 is 0. The molecule has 0 bridgehead atoms. The van der Waals surface area contributed by atoms with Crippen LogP contribution in [-0.2, 0) is 0 Å². The number of pyridine rings is 2. The minimum absolute atomic E-state index is 0.205. The minimum atomic E-state index is 0.205. The summed E-state index contributed by atoms with van der Waals surface area (Å²) in [5.74, 6) is 0. The SMILES string of the molecule is N=C1C=C(c2cccc(-c3cccnc3)c2)C=C(c2cccc(-c3cccnc3)c2)C1=N.Nc1cccc(-c2ccccc2)c1. The lowest BCUT2D eigenvalue weighted by molar-refractivity contribution is 1.33. The van der Waals surface area contributed by atoms with Crippen LogP contribution in [0.2, 0.25) is 0 Å². The van der Waals surface area contributed by atoms with Gasteiger partial charge in [-0.3, -0.25) is 20.8 Å². The van der Waals surface area contributed by atoms with Gasteiger partial charge in [0.05, 0.1) is 11.4 Å². The van der Waals surface area contributed by atoms with Crippen LogP contribution in [0.25, 0.3) is 44.5 Å². The largest absolute Gasteiger partial charge is 0.399 e. The van der Waals surface area contributed by atoms with E-state index in [0.717, 1.165) is 50.2 Å². The first-order valence-electron chi connectivity index (χ1n) is 14.6. The van der Waals surface area contributed by atoms with Crippen LogP contribution in [-0.4, -0.2) is 21.4 Å². The molecule has 4 aromatic carbocycles. The molecule has 6 aromatic rings. The van der Waals surface area contributed by atoms with Gasteiger partial charge in [0.2, 0.25) is 0 Å². The predicted molar refractivity (Wildman–Crippen MR) is 187 cm³/mol. The van der Waals surface area contributed by atoms with Crippen molar-refractivity contribution in [2.24, 2.45) is 0 Å². The standard InChI is InChI=1S/C28H20N4.C12H11N/c29-27-16-25(21-7-1-5-19(13-21)23-9-3-11-31-17-23)15-26(28(27)30)22-8-2-6-20(14-22)24-10-4-12-32-18-24;13-12-8-4-7-11(9-12)10-5-2-1-3-6-10/h1-18,29-30H;1-9H,13H2. The van der Waals surface area contributed by atoms with Crippen molar-refractivity contribution in [3.8, 4) is 33.4 Å². The molecule has 2 heterocycles. The number of anilines is 1. The average Bonchev–Trinajstić information content (AvgIpc) is 3.11. The maximum absolute atomic E-state index is 8.54. The highest BCUT2D eigenvalue weighted by molar-refractivity contribution is 6.61. The minimum Gasteiger partial charge on any atom is -0.399 e. The molecular weight excluding hydrogens is 550 g/mol. The van der Waals surface area contributed by atoms with Gasteiger partial charge in [-0.2, -0.15) is 0 Å². The summed E-state index contributed by atoms with van der Waals surface area (Å²) in [5, 5.41) is 17.0. The van der Waals surface area contributed by atoms with E-state index in [0.29, 0.717) is 0 Å². The molecule has 5 nitrogen and oxygen atoms in total. The molecule has 1 aliphatic carbocycles. The molecule has 0 radical (unpaired) electrons. The van der Waals surface area contributed by atoms with E-state index in [-0.39, 0.29) is 11.4 Å². The van der Waals surface area contributed by atoms with E-state index in [1.54, 1.807) is 18.5 Å². The van der Waals surface area contributed by atoms with Gasteiger partial charge in [0.25, 0.3) is 0 Å². The van der Waals surface area contributed by atoms with Crippen LogP contribution in [0.5, 0.6) is 0 Å². The second-order valence-corrected chi connectivity index (χ2v) is 10.6. The zero-order valence-corrected chi connectivity index (χ0v) is 24.6. The second kappa shape index (κ2) is 13.4. The Hall–Kier alpha value is -6.20. The number of nitrogens with zero attached hydrogens (tertiary/aromatic N) is 2. The van der Waals surface area contributed by atoms with E-state index in [1.165, 1.54) is 11.1 Å². The maximum atomic E-state index is 8.54. The molecule has 4 N–H and O–H groups in total. The zero-order valence-electron chi connectivity index (χ0n) is 24.6. The van der Waals surface area contributed by atoms with Crippen molar-refractivity contribution < 1.29 is 0 Å². The highest BCUT2D eigenvalue weighted by Gasteiger charge is 2.19. The summed E-state index contributed by atoms with van der Waals surface area (Å²) in [4.78, 5) is 8.43. The molecule has 2 aromatic heterocycles. The van der Waals surface area contributed by atoms with Gasteiger partial charge in [-0.15, -0.1) is 0 Å². The molecule has 0 amide bonds. The van der Waals surface area contributed by atoms with Crippen molar-refractivity contribution in [1.82, 2.24) is 9.97 Å². The molecule has 0 spiro atoms. The molecule has 0 saturated carbocycles. The number of rotatable bonds is 5. The van der Waals surface area contributed by atoms with Gasteiger partial charge >= 0.3 is 0 Å². The monoisotopic (exact) mass is 581 g/mol. The first kappa shape index (κ1) is 28.9. The fourth-order valence-corrected chi connectivity index (χ4v) is 5.20. The third kappa shape index (κ3) is 6.90. The van der Waals surface area contributed by atoms with Crippen LogP contribution in [0.15, 0.2) is 164 Å². The number of benzene rings is 4. The molecule has 0 aliphatic heterocycles. The Bertz CT molecular complexity index is 2030. The molecule has 0 unspecified atom stereocenters. The fraction of sp³-hybridized carbons (Fsp3) is 0. The molecule has 5 heteroatoms. The van der Waals surface area contributed by atoms with E-state index in [1.807, 2.05) is 109 Å². The lowest BCUT2D eigenvalue weighted by Gasteiger charge is -2.18. The topological polar surface area (TPSA) is 99.5 Å². The normalized spacial score (nSPS) is 12.4. The van der Waals surface area contributed by atoms with Gasteiger partial charge in [0.15, 0.2) is 0 Å². The smallest absolute Gasteiger partial charge is 0.0867 e. The number of allylic oxidation sites excluding steroid dienone is 4. The summed E-state index contributed by atoms with van der Waals surface area (Å²) < 4.78 is 0. The van der Waals surface area contributed by atoms with Gasteiger partial charge in [-0.1, -0.05) is 91.0 Å². The summed E-state index contributed by atoms with van der Waals surface area (Å²) in [6, 6.07) is 42.3. The lowest BCUT2D eigenvalue weighted by atomic mass is 9.87. The Morgan fingerprint density at radius 3 is 1.56 bits per heavy atom. The second-order valence-electron chi connectivity index (χ2n) is 10.6. The lowest BCUT2D eigenvalue weighted by Crippen LogP contribution is -2.15. The van der Waals surface area contributed by atoms with Crippen LogP contribution >= 0.6 is 0 Å². The van der Waals surface area contributed by atoms with Crippen LogP contribution in [0.3, 0.4) is 0 Å². The summed E-state index contributed by atoms with van der Waals surface area (Å²) in [5.41, 5.74) is 17.0.